The Bertz CT molecular complexity index is 1700. The zero-order chi connectivity index (χ0) is 38.1. The van der Waals surface area contributed by atoms with Crippen LogP contribution in [0.3, 0.4) is 0 Å². The predicted octanol–water partition coefficient (Wildman–Crippen LogP) is 11.3. The Morgan fingerprint density at radius 1 is 0.472 bits per heavy atom. The van der Waals surface area contributed by atoms with Crippen LogP contribution < -0.4 is 10.9 Å². The van der Waals surface area contributed by atoms with Crippen LogP contribution in [0.2, 0.25) is 0 Å². The molecule has 0 N–H and O–H groups in total. The first kappa shape index (κ1) is 39.8. The molecule has 3 aliphatic rings. The number of hydrogen-bond donors (Lipinski definition) is 0. The van der Waals surface area contributed by atoms with Gasteiger partial charge in [-0.25, -0.2) is 0 Å². The van der Waals surface area contributed by atoms with E-state index >= 15 is 0 Å². The summed E-state index contributed by atoms with van der Waals surface area (Å²) in [5.74, 6) is 0. The van der Waals surface area contributed by atoms with Gasteiger partial charge in [0.05, 0.1) is 22.4 Å². The second-order valence-corrected chi connectivity index (χ2v) is 17.9. The Kier molecular flexibility index (Phi) is 11.8. The highest BCUT2D eigenvalue weighted by Gasteiger charge is 2.53. The maximum absolute atomic E-state index is 6.62. The van der Waals surface area contributed by atoms with Gasteiger partial charge in [-0.05, 0) is 144 Å². The largest absolute Gasteiger partial charge is 0.494 e. The molecule has 0 atom stereocenters. The molecule has 0 spiro atoms. The fourth-order valence-electron chi connectivity index (χ4n) is 8.43. The Labute approximate surface area is 322 Å². The maximum atomic E-state index is 6.62. The SMILES string of the molecule is C=CCCCCCCC1(CCCCCCC=C)c2cc(B3OC(C)(C)C(C)(C)O3)ccc2-c2ccc(-c3ccc(B4OC(C)(C)C(C)(C)O4)cc3)cc21. The Balaban J connectivity index is 1.37. The van der Waals surface area contributed by atoms with Crippen molar-refractivity contribution in [1.82, 2.24) is 0 Å². The quantitative estimate of drug-likeness (QED) is 0.0793. The van der Waals surface area contributed by atoms with Gasteiger partial charge in [-0.2, -0.15) is 0 Å². The van der Waals surface area contributed by atoms with E-state index in [1.54, 1.807) is 0 Å². The molecule has 0 bridgehead atoms. The minimum atomic E-state index is -0.388. The normalized spacial score (nSPS) is 20.0. The molecular formula is C47H64B2O4. The second kappa shape index (κ2) is 15.7. The number of rotatable bonds is 17. The highest BCUT2D eigenvalue weighted by Crippen LogP contribution is 2.55. The van der Waals surface area contributed by atoms with Crippen LogP contribution in [0, 0.1) is 0 Å². The summed E-state index contributed by atoms with van der Waals surface area (Å²) in [5.41, 5.74) is 8.71. The molecule has 53 heavy (non-hydrogen) atoms. The minimum Gasteiger partial charge on any atom is -0.399 e. The van der Waals surface area contributed by atoms with Crippen LogP contribution >= 0.6 is 0 Å². The lowest BCUT2D eigenvalue weighted by atomic mass is 9.68. The fourth-order valence-corrected chi connectivity index (χ4v) is 8.43. The zero-order valence-corrected chi connectivity index (χ0v) is 34.1. The molecule has 2 saturated heterocycles. The van der Waals surface area contributed by atoms with Crippen LogP contribution in [0.15, 0.2) is 86.0 Å². The van der Waals surface area contributed by atoms with E-state index in [4.69, 9.17) is 18.6 Å². The van der Waals surface area contributed by atoms with E-state index in [0.29, 0.717) is 0 Å². The number of allylic oxidation sites excluding steroid dienone is 2. The summed E-state index contributed by atoms with van der Waals surface area (Å²) in [6.07, 6.45) is 18.3. The molecule has 3 aromatic rings. The van der Waals surface area contributed by atoms with Crippen LogP contribution in [0.4, 0.5) is 0 Å². The van der Waals surface area contributed by atoms with Crippen molar-refractivity contribution in [2.75, 3.05) is 0 Å². The number of unbranched alkanes of at least 4 members (excludes halogenated alkanes) is 8. The molecule has 0 radical (unpaired) electrons. The molecule has 2 heterocycles. The van der Waals surface area contributed by atoms with Crippen LogP contribution in [-0.2, 0) is 24.0 Å². The molecule has 2 aliphatic heterocycles. The van der Waals surface area contributed by atoms with E-state index in [-0.39, 0.29) is 42.1 Å². The fraction of sp³-hybridized carbons (Fsp3) is 0.532. The van der Waals surface area contributed by atoms with Gasteiger partial charge in [0.2, 0.25) is 0 Å². The van der Waals surface area contributed by atoms with Gasteiger partial charge in [0.15, 0.2) is 0 Å². The number of benzene rings is 3. The molecule has 3 aromatic carbocycles. The lowest BCUT2D eigenvalue weighted by Gasteiger charge is -2.33. The van der Waals surface area contributed by atoms with E-state index in [9.17, 15) is 0 Å². The summed E-state index contributed by atoms with van der Waals surface area (Å²) in [6, 6.07) is 23.1. The van der Waals surface area contributed by atoms with Crippen LogP contribution in [0.25, 0.3) is 22.3 Å². The van der Waals surface area contributed by atoms with Crippen molar-refractivity contribution in [3.05, 3.63) is 97.1 Å². The maximum Gasteiger partial charge on any atom is 0.494 e. The van der Waals surface area contributed by atoms with E-state index in [1.807, 2.05) is 0 Å². The molecule has 282 valence electrons. The monoisotopic (exact) mass is 714 g/mol. The lowest BCUT2D eigenvalue weighted by molar-refractivity contribution is 0.00578. The van der Waals surface area contributed by atoms with Crippen molar-refractivity contribution < 1.29 is 18.6 Å². The molecule has 1 aliphatic carbocycles. The molecule has 4 nitrogen and oxygen atoms in total. The van der Waals surface area contributed by atoms with Crippen molar-refractivity contribution in [2.24, 2.45) is 0 Å². The average molecular weight is 715 g/mol. The van der Waals surface area contributed by atoms with Gasteiger partial charge in [-0.15, -0.1) is 13.2 Å². The van der Waals surface area contributed by atoms with Crippen molar-refractivity contribution in [2.45, 2.75) is 160 Å². The molecule has 2 fully saturated rings. The minimum absolute atomic E-state index is 0.0835. The third-order valence-electron chi connectivity index (χ3n) is 13.2. The molecule has 0 saturated carbocycles. The highest BCUT2D eigenvalue weighted by atomic mass is 16.7. The summed E-state index contributed by atoms with van der Waals surface area (Å²) in [6.45, 7) is 24.9. The van der Waals surface area contributed by atoms with Gasteiger partial charge >= 0.3 is 14.2 Å². The first-order valence-corrected chi connectivity index (χ1v) is 20.5. The highest BCUT2D eigenvalue weighted by molar-refractivity contribution is 6.62. The lowest BCUT2D eigenvalue weighted by Crippen LogP contribution is -2.41. The van der Waals surface area contributed by atoms with Gasteiger partial charge < -0.3 is 18.6 Å². The molecule has 0 aromatic heterocycles. The van der Waals surface area contributed by atoms with Gasteiger partial charge in [-0.3, -0.25) is 0 Å². The summed E-state index contributed by atoms with van der Waals surface area (Å²) >= 11 is 0. The first-order valence-electron chi connectivity index (χ1n) is 20.5. The van der Waals surface area contributed by atoms with Crippen LogP contribution in [0.5, 0.6) is 0 Å². The molecule has 0 amide bonds. The van der Waals surface area contributed by atoms with Crippen molar-refractivity contribution in [3.8, 4) is 22.3 Å². The second-order valence-electron chi connectivity index (χ2n) is 17.9. The number of fused-ring (bicyclic) bond motifs is 3. The average Bonchev–Trinajstić information content (AvgIpc) is 3.61. The number of hydrogen-bond acceptors (Lipinski definition) is 4. The van der Waals surface area contributed by atoms with Gasteiger partial charge in [0.1, 0.15) is 0 Å². The Morgan fingerprint density at radius 3 is 1.36 bits per heavy atom. The van der Waals surface area contributed by atoms with Crippen molar-refractivity contribution >= 4 is 25.2 Å². The molecule has 6 rings (SSSR count). The topological polar surface area (TPSA) is 36.9 Å². The Morgan fingerprint density at radius 2 is 0.868 bits per heavy atom. The standard InChI is InChI=1S/C47H64B2O4/c1-11-13-15-17-19-21-31-47(32-22-20-18-16-14-12-2)41-33-36(35-23-26-37(27-24-35)48-50-43(3,4)44(5,6)51-48)25-29-39(41)40-30-28-38(34-42(40)47)49-52-45(7,8)46(9,10)53-49/h11-12,23-30,33-34H,1-2,13-22,31-32H2,3-10H3. The van der Waals surface area contributed by atoms with Crippen molar-refractivity contribution in [1.29, 1.82) is 0 Å². The first-order chi connectivity index (χ1) is 25.1. The van der Waals surface area contributed by atoms with Crippen molar-refractivity contribution in [3.63, 3.8) is 0 Å². The van der Waals surface area contributed by atoms with E-state index in [2.05, 4.69) is 141 Å². The molecule has 0 unspecified atom stereocenters. The summed E-state index contributed by atoms with van der Waals surface area (Å²) in [5, 5.41) is 0. The predicted molar refractivity (Wildman–Crippen MR) is 225 cm³/mol. The van der Waals surface area contributed by atoms with Crippen LogP contribution in [0.1, 0.15) is 144 Å². The van der Waals surface area contributed by atoms with Gasteiger partial charge in [0, 0.05) is 5.41 Å². The van der Waals surface area contributed by atoms with E-state index in [0.717, 1.165) is 36.6 Å². The van der Waals surface area contributed by atoms with E-state index in [1.165, 1.54) is 84.7 Å². The smallest absolute Gasteiger partial charge is 0.399 e. The van der Waals surface area contributed by atoms with E-state index < -0.39 is 0 Å². The summed E-state index contributed by atoms with van der Waals surface area (Å²) < 4.78 is 26.0. The zero-order valence-electron chi connectivity index (χ0n) is 34.1. The third kappa shape index (κ3) is 7.95. The molecule has 6 heteroatoms. The Hall–Kier alpha value is -2.89. The third-order valence-corrected chi connectivity index (χ3v) is 13.2. The summed E-state index contributed by atoms with van der Waals surface area (Å²) in [7, 11) is -0.755. The van der Waals surface area contributed by atoms with Crippen LogP contribution in [-0.4, -0.2) is 36.6 Å². The molecular weight excluding hydrogens is 650 g/mol. The van der Waals surface area contributed by atoms with Gasteiger partial charge in [-0.1, -0.05) is 105 Å². The van der Waals surface area contributed by atoms with Gasteiger partial charge in [0.25, 0.3) is 0 Å². The summed E-state index contributed by atoms with van der Waals surface area (Å²) in [4.78, 5) is 0.